The van der Waals surface area contributed by atoms with Crippen LogP contribution in [0.1, 0.15) is 30.5 Å². The van der Waals surface area contributed by atoms with E-state index in [0.717, 1.165) is 24.9 Å². The van der Waals surface area contributed by atoms with Crippen molar-refractivity contribution in [1.82, 2.24) is 9.78 Å². The van der Waals surface area contributed by atoms with E-state index in [1.807, 2.05) is 22.6 Å². The quantitative estimate of drug-likeness (QED) is 0.931. The first-order chi connectivity index (χ1) is 9.28. The molecule has 2 aromatic rings. The minimum absolute atomic E-state index is 0.0583. The summed E-state index contributed by atoms with van der Waals surface area (Å²) in [5.74, 6) is 0. The highest BCUT2D eigenvalue weighted by Crippen LogP contribution is 2.41. The molecule has 3 nitrogen and oxygen atoms in total. The van der Waals surface area contributed by atoms with E-state index in [0.29, 0.717) is 5.25 Å². The van der Waals surface area contributed by atoms with Crippen LogP contribution in [0.25, 0.3) is 0 Å². The predicted octanol–water partition coefficient (Wildman–Crippen LogP) is 3.01. The Bertz CT molecular complexity index is 539. The molecule has 100 valence electrons. The van der Waals surface area contributed by atoms with Crippen LogP contribution in [0.15, 0.2) is 41.6 Å². The summed E-state index contributed by atoms with van der Waals surface area (Å²) in [4.78, 5) is 1.38. The van der Waals surface area contributed by atoms with Gasteiger partial charge in [-0.05, 0) is 24.5 Å². The largest absolute Gasteiger partial charge is 0.323 e. The standard InChI is InChI=1S/C15H19N3S/c1-2-7-18-10-12(9-17-18)15(16)14-8-11-5-3-4-6-13(11)19-14/h3-6,9-10,14-15H,2,7-8,16H2,1H3. The topological polar surface area (TPSA) is 43.8 Å². The van der Waals surface area contributed by atoms with Crippen molar-refractivity contribution in [2.75, 3.05) is 0 Å². The number of hydrogen-bond acceptors (Lipinski definition) is 3. The lowest BCUT2D eigenvalue weighted by Gasteiger charge is -2.16. The molecule has 19 heavy (non-hydrogen) atoms. The van der Waals surface area contributed by atoms with E-state index >= 15 is 0 Å². The number of thioether (sulfide) groups is 1. The smallest absolute Gasteiger partial charge is 0.0537 e. The fourth-order valence-electron chi connectivity index (χ4n) is 2.53. The lowest BCUT2D eigenvalue weighted by atomic mass is 10.0. The van der Waals surface area contributed by atoms with Crippen LogP contribution in [0.4, 0.5) is 0 Å². The van der Waals surface area contributed by atoms with Crippen molar-refractivity contribution >= 4 is 11.8 Å². The maximum atomic E-state index is 6.42. The highest BCUT2D eigenvalue weighted by molar-refractivity contribution is 8.00. The van der Waals surface area contributed by atoms with Crippen LogP contribution in [-0.2, 0) is 13.0 Å². The summed E-state index contributed by atoms with van der Waals surface area (Å²) in [5.41, 5.74) is 8.99. The molecule has 2 N–H and O–H groups in total. The minimum Gasteiger partial charge on any atom is -0.323 e. The van der Waals surface area contributed by atoms with Crippen molar-refractivity contribution in [1.29, 1.82) is 0 Å². The molecule has 2 unspecified atom stereocenters. The number of nitrogens with two attached hydrogens (primary N) is 1. The number of rotatable bonds is 4. The molecule has 1 aliphatic rings. The van der Waals surface area contributed by atoms with Crippen molar-refractivity contribution in [3.8, 4) is 0 Å². The summed E-state index contributed by atoms with van der Waals surface area (Å²) in [7, 11) is 0. The summed E-state index contributed by atoms with van der Waals surface area (Å²) < 4.78 is 1.99. The molecule has 0 saturated carbocycles. The Morgan fingerprint density at radius 2 is 2.32 bits per heavy atom. The number of aromatic nitrogens is 2. The highest BCUT2D eigenvalue weighted by Gasteiger charge is 2.28. The van der Waals surface area contributed by atoms with Gasteiger partial charge in [-0.3, -0.25) is 4.68 Å². The van der Waals surface area contributed by atoms with Crippen LogP contribution in [0.5, 0.6) is 0 Å². The van der Waals surface area contributed by atoms with Crippen LogP contribution in [0, 0.1) is 0 Å². The molecule has 1 aliphatic heterocycles. The Kier molecular flexibility index (Phi) is 3.62. The Balaban J connectivity index is 1.73. The summed E-state index contributed by atoms with van der Waals surface area (Å²) >= 11 is 1.90. The van der Waals surface area contributed by atoms with Gasteiger partial charge in [-0.1, -0.05) is 25.1 Å². The third kappa shape index (κ3) is 2.55. The van der Waals surface area contributed by atoms with Gasteiger partial charge in [0.25, 0.3) is 0 Å². The van der Waals surface area contributed by atoms with Gasteiger partial charge >= 0.3 is 0 Å². The highest BCUT2D eigenvalue weighted by atomic mass is 32.2. The number of hydrogen-bond donors (Lipinski definition) is 1. The third-order valence-corrected chi connectivity index (χ3v) is 4.98. The molecular weight excluding hydrogens is 254 g/mol. The molecule has 1 aromatic carbocycles. The van der Waals surface area contributed by atoms with E-state index in [9.17, 15) is 0 Å². The van der Waals surface area contributed by atoms with Crippen molar-refractivity contribution < 1.29 is 0 Å². The second-order valence-corrected chi connectivity index (χ2v) is 6.31. The first-order valence-electron chi connectivity index (χ1n) is 6.80. The Labute approximate surface area is 118 Å². The first kappa shape index (κ1) is 12.8. The summed E-state index contributed by atoms with van der Waals surface area (Å²) in [6, 6.07) is 8.65. The number of nitrogens with zero attached hydrogens (tertiary/aromatic N) is 2. The second kappa shape index (κ2) is 5.39. The number of benzene rings is 1. The Hall–Kier alpha value is -1.26. The fraction of sp³-hybridized carbons (Fsp3) is 0.400. The average Bonchev–Trinajstić information content (AvgIpc) is 3.04. The predicted molar refractivity (Wildman–Crippen MR) is 79.2 cm³/mol. The van der Waals surface area contributed by atoms with E-state index in [1.165, 1.54) is 10.5 Å². The van der Waals surface area contributed by atoms with Gasteiger partial charge in [0.05, 0.1) is 6.20 Å². The van der Waals surface area contributed by atoms with Crippen molar-refractivity contribution in [2.45, 2.75) is 42.5 Å². The molecule has 3 rings (SSSR count). The lowest BCUT2D eigenvalue weighted by Crippen LogP contribution is -2.22. The van der Waals surface area contributed by atoms with Gasteiger partial charge < -0.3 is 5.73 Å². The lowest BCUT2D eigenvalue weighted by molar-refractivity contribution is 0.600. The molecule has 0 fully saturated rings. The third-order valence-electron chi connectivity index (χ3n) is 3.56. The molecule has 2 atom stereocenters. The minimum atomic E-state index is 0.0583. The van der Waals surface area contributed by atoms with E-state index < -0.39 is 0 Å². The monoisotopic (exact) mass is 273 g/mol. The van der Waals surface area contributed by atoms with Gasteiger partial charge in [-0.15, -0.1) is 11.8 Å². The Morgan fingerprint density at radius 3 is 3.11 bits per heavy atom. The molecule has 0 amide bonds. The zero-order valence-electron chi connectivity index (χ0n) is 11.1. The van der Waals surface area contributed by atoms with E-state index in [1.54, 1.807) is 0 Å². The normalized spacial score (nSPS) is 19.4. The Morgan fingerprint density at radius 1 is 1.47 bits per heavy atom. The van der Waals surface area contributed by atoms with Gasteiger partial charge in [0.15, 0.2) is 0 Å². The van der Waals surface area contributed by atoms with Gasteiger partial charge in [0.2, 0.25) is 0 Å². The molecule has 0 radical (unpaired) electrons. The van der Waals surface area contributed by atoms with Gasteiger partial charge in [0.1, 0.15) is 0 Å². The van der Waals surface area contributed by atoms with Crippen molar-refractivity contribution in [3.63, 3.8) is 0 Å². The van der Waals surface area contributed by atoms with E-state index in [2.05, 4.69) is 42.5 Å². The molecule has 0 aliphatic carbocycles. The van der Waals surface area contributed by atoms with Crippen LogP contribution < -0.4 is 5.73 Å². The molecule has 1 aromatic heterocycles. The van der Waals surface area contributed by atoms with Gasteiger partial charge in [-0.2, -0.15) is 5.10 Å². The van der Waals surface area contributed by atoms with Crippen molar-refractivity contribution in [3.05, 3.63) is 47.8 Å². The molecule has 0 spiro atoms. The summed E-state index contributed by atoms with van der Waals surface area (Å²) in [5, 5.41) is 4.80. The second-order valence-electron chi connectivity index (χ2n) is 5.03. The molecule has 2 heterocycles. The zero-order valence-corrected chi connectivity index (χ0v) is 11.9. The molecule has 0 bridgehead atoms. The van der Waals surface area contributed by atoms with Crippen molar-refractivity contribution in [2.24, 2.45) is 5.73 Å². The van der Waals surface area contributed by atoms with Crippen LogP contribution >= 0.6 is 11.8 Å². The van der Waals surface area contributed by atoms with E-state index in [4.69, 9.17) is 5.73 Å². The first-order valence-corrected chi connectivity index (χ1v) is 7.68. The zero-order chi connectivity index (χ0) is 13.2. The summed E-state index contributed by atoms with van der Waals surface area (Å²) in [6.45, 7) is 3.12. The number of aryl methyl sites for hydroxylation is 1. The SMILES string of the molecule is CCCn1cc(C(N)C2Cc3ccccc3S2)cn1. The van der Waals surface area contributed by atoms with Gasteiger partial charge in [-0.25, -0.2) is 0 Å². The van der Waals surface area contributed by atoms with Crippen LogP contribution in [0.2, 0.25) is 0 Å². The number of fused-ring (bicyclic) bond motifs is 1. The maximum absolute atomic E-state index is 6.42. The van der Waals surface area contributed by atoms with Crippen LogP contribution in [-0.4, -0.2) is 15.0 Å². The van der Waals surface area contributed by atoms with Crippen LogP contribution in [0.3, 0.4) is 0 Å². The molecule has 4 heteroatoms. The van der Waals surface area contributed by atoms with Gasteiger partial charge in [0, 0.05) is 34.5 Å². The average molecular weight is 273 g/mol. The molecular formula is C15H19N3S. The summed E-state index contributed by atoms with van der Waals surface area (Å²) in [6.07, 6.45) is 6.17. The maximum Gasteiger partial charge on any atom is 0.0537 e. The molecule has 0 saturated heterocycles. The van der Waals surface area contributed by atoms with E-state index in [-0.39, 0.29) is 6.04 Å². The fourth-order valence-corrected chi connectivity index (χ4v) is 3.88.